The summed E-state index contributed by atoms with van der Waals surface area (Å²) < 4.78 is 14.4. The van der Waals surface area contributed by atoms with Crippen LogP contribution in [0.2, 0.25) is 0 Å². The van der Waals surface area contributed by atoms with Crippen LogP contribution in [0.3, 0.4) is 0 Å². The largest absolute Gasteiger partial charge is 0.321 e. The fourth-order valence-corrected chi connectivity index (χ4v) is 5.67. The molecule has 0 atom stereocenters. The van der Waals surface area contributed by atoms with E-state index >= 15 is 0 Å². The molecule has 0 aliphatic carbocycles. The van der Waals surface area contributed by atoms with Gasteiger partial charge in [-0.15, -0.1) is 23.1 Å². The molecule has 5 rings (SSSR count). The minimum absolute atomic E-state index is 0.0196. The number of carbonyl (C=O) groups excluding carboxylic acids is 3. The van der Waals surface area contributed by atoms with E-state index in [1.165, 1.54) is 53.4 Å². The van der Waals surface area contributed by atoms with Crippen molar-refractivity contribution in [2.24, 2.45) is 0 Å². The van der Waals surface area contributed by atoms with E-state index in [-0.39, 0.29) is 17.4 Å². The van der Waals surface area contributed by atoms with Crippen molar-refractivity contribution in [2.45, 2.75) is 4.90 Å². The molecule has 44 heavy (non-hydrogen) atoms. The average molecular weight is 688 g/mol. The van der Waals surface area contributed by atoms with Crippen LogP contribution in [0.15, 0.2) is 124 Å². The lowest BCUT2D eigenvalue weighted by Crippen LogP contribution is -2.30. The lowest BCUT2D eigenvalue weighted by Gasteiger charge is -2.12. The van der Waals surface area contributed by atoms with Gasteiger partial charge in [0.05, 0.1) is 11.4 Å². The smallest absolute Gasteiger partial charge is 0.272 e. The lowest BCUT2D eigenvalue weighted by atomic mass is 10.1. The summed E-state index contributed by atoms with van der Waals surface area (Å²) in [6.45, 7) is 0. The predicted molar refractivity (Wildman–Crippen MR) is 178 cm³/mol. The predicted octanol–water partition coefficient (Wildman–Crippen LogP) is 7.85. The van der Waals surface area contributed by atoms with Crippen LogP contribution in [0.4, 0.5) is 15.2 Å². The third-order valence-corrected chi connectivity index (χ3v) is 8.34. The molecule has 0 aliphatic rings. The minimum Gasteiger partial charge on any atom is -0.321 e. The maximum Gasteiger partial charge on any atom is 0.272 e. The fourth-order valence-electron chi connectivity index (χ4n) is 3.92. The van der Waals surface area contributed by atoms with E-state index in [2.05, 4.69) is 36.9 Å². The Balaban J connectivity index is 1.22. The van der Waals surface area contributed by atoms with Crippen LogP contribution in [0.1, 0.15) is 15.9 Å². The number of halogens is 2. The Bertz CT molecular complexity index is 1810. The maximum atomic E-state index is 13.4. The van der Waals surface area contributed by atoms with Crippen LogP contribution in [-0.2, 0) is 9.59 Å². The van der Waals surface area contributed by atoms with Gasteiger partial charge < -0.3 is 16.0 Å². The van der Waals surface area contributed by atoms with Crippen LogP contribution < -0.4 is 16.0 Å². The topological polar surface area (TPSA) is 100 Å². The van der Waals surface area contributed by atoms with Crippen LogP contribution in [0.5, 0.6) is 0 Å². The standard InChI is InChI=1S/C33H24BrFN4O3S2/c34-24-13-11-22(12-14-24)29-19-44-33(38-29)39-30(40)20-43-27-8-4-7-26(18-27)36-32(42)28(17-21-9-15-25(35)16-10-21)37-31(41)23-5-2-1-3-6-23/h1-19H,20H2,(H,36,42)(H,37,41)(H,38,39,40)/b28-17-. The third kappa shape index (κ3) is 8.73. The van der Waals surface area contributed by atoms with E-state index in [9.17, 15) is 18.8 Å². The molecule has 0 fully saturated rings. The van der Waals surface area contributed by atoms with Gasteiger partial charge in [0.1, 0.15) is 11.5 Å². The molecule has 0 bridgehead atoms. The summed E-state index contributed by atoms with van der Waals surface area (Å²) in [6, 6.07) is 28.8. The van der Waals surface area contributed by atoms with E-state index < -0.39 is 17.6 Å². The fraction of sp³-hybridized carbons (Fsp3) is 0.0303. The van der Waals surface area contributed by atoms with E-state index in [0.717, 1.165) is 20.6 Å². The van der Waals surface area contributed by atoms with Crippen molar-refractivity contribution in [1.82, 2.24) is 10.3 Å². The molecule has 5 aromatic rings. The summed E-state index contributed by atoms with van der Waals surface area (Å²) in [5.74, 6) is -1.53. The van der Waals surface area contributed by atoms with Gasteiger partial charge in [0.15, 0.2) is 5.13 Å². The number of rotatable bonds is 10. The number of nitrogens with one attached hydrogen (secondary N) is 3. The van der Waals surface area contributed by atoms with Crippen molar-refractivity contribution < 1.29 is 18.8 Å². The Morgan fingerprint density at radius 1 is 0.886 bits per heavy atom. The van der Waals surface area contributed by atoms with E-state index in [0.29, 0.717) is 21.9 Å². The normalized spacial score (nSPS) is 11.1. The summed E-state index contributed by atoms with van der Waals surface area (Å²) >= 11 is 6.07. The van der Waals surface area contributed by atoms with Gasteiger partial charge in [0.25, 0.3) is 11.8 Å². The summed E-state index contributed by atoms with van der Waals surface area (Å²) in [5.41, 5.74) is 3.09. The average Bonchev–Trinajstić information content (AvgIpc) is 3.50. The van der Waals surface area contributed by atoms with Gasteiger partial charge in [-0.3, -0.25) is 14.4 Å². The second kappa shape index (κ2) is 14.7. The van der Waals surface area contributed by atoms with Crippen LogP contribution in [-0.4, -0.2) is 28.5 Å². The van der Waals surface area contributed by atoms with Crippen LogP contribution in [0.25, 0.3) is 17.3 Å². The molecule has 1 aromatic heterocycles. The summed E-state index contributed by atoms with van der Waals surface area (Å²) in [7, 11) is 0. The Morgan fingerprint density at radius 3 is 2.39 bits per heavy atom. The Labute approximate surface area is 269 Å². The number of hydrogen-bond acceptors (Lipinski definition) is 6. The third-order valence-electron chi connectivity index (χ3n) is 6.06. The molecule has 0 radical (unpaired) electrons. The Kier molecular flexibility index (Phi) is 10.3. The van der Waals surface area contributed by atoms with Crippen LogP contribution >= 0.6 is 39.0 Å². The quantitative estimate of drug-likeness (QED) is 0.103. The molecule has 0 spiro atoms. The number of benzene rings is 4. The van der Waals surface area contributed by atoms with Gasteiger partial charge in [0, 0.05) is 31.6 Å². The zero-order chi connectivity index (χ0) is 30.9. The van der Waals surface area contributed by atoms with Crippen molar-refractivity contribution in [3.63, 3.8) is 0 Å². The summed E-state index contributed by atoms with van der Waals surface area (Å²) in [5, 5.41) is 10.7. The number of aromatic nitrogens is 1. The molecule has 220 valence electrons. The molecule has 0 saturated heterocycles. The molecule has 7 nitrogen and oxygen atoms in total. The van der Waals surface area contributed by atoms with Crippen LogP contribution in [0, 0.1) is 5.82 Å². The highest BCUT2D eigenvalue weighted by Gasteiger charge is 2.16. The van der Waals surface area contributed by atoms with E-state index in [1.807, 2.05) is 35.7 Å². The first-order valence-electron chi connectivity index (χ1n) is 13.2. The van der Waals surface area contributed by atoms with Gasteiger partial charge >= 0.3 is 0 Å². The number of thioether (sulfide) groups is 1. The van der Waals surface area contributed by atoms with Gasteiger partial charge in [-0.1, -0.05) is 64.5 Å². The summed E-state index contributed by atoms with van der Waals surface area (Å²) in [4.78, 5) is 44.0. The second-order valence-electron chi connectivity index (χ2n) is 9.29. The number of carbonyl (C=O) groups is 3. The molecule has 0 unspecified atom stereocenters. The Morgan fingerprint density at radius 2 is 1.64 bits per heavy atom. The molecular weight excluding hydrogens is 663 g/mol. The molecule has 4 aromatic carbocycles. The van der Waals surface area contributed by atoms with Gasteiger partial charge in [-0.05, 0) is 66.2 Å². The lowest BCUT2D eigenvalue weighted by molar-refractivity contribution is -0.114. The minimum atomic E-state index is -0.566. The van der Waals surface area contributed by atoms with Crippen molar-refractivity contribution in [3.05, 3.63) is 136 Å². The maximum absolute atomic E-state index is 13.4. The number of hydrogen-bond donors (Lipinski definition) is 3. The summed E-state index contributed by atoms with van der Waals surface area (Å²) in [6.07, 6.45) is 1.47. The van der Waals surface area contributed by atoms with E-state index in [1.54, 1.807) is 48.5 Å². The number of anilines is 2. The number of thiazole rings is 1. The van der Waals surface area contributed by atoms with Crippen molar-refractivity contribution in [3.8, 4) is 11.3 Å². The molecule has 11 heteroatoms. The van der Waals surface area contributed by atoms with Crippen molar-refractivity contribution in [1.29, 1.82) is 0 Å². The molecule has 3 amide bonds. The van der Waals surface area contributed by atoms with Crippen molar-refractivity contribution in [2.75, 3.05) is 16.4 Å². The highest BCUT2D eigenvalue weighted by Crippen LogP contribution is 2.27. The number of nitrogens with zero attached hydrogens (tertiary/aromatic N) is 1. The zero-order valence-corrected chi connectivity index (χ0v) is 26.1. The molecule has 1 heterocycles. The van der Waals surface area contributed by atoms with E-state index in [4.69, 9.17) is 0 Å². The monoisotopic (exact) mass is 686 g/mol. The first-order valence-corrected chi connectivity index (χ1v) is 15.9. The zero-order valence-electron chi connectivity index (χ0n) is 22.9. The molecule has 0 saturated carbocycles. The molecule has 0 aliphatic heterocycles. The number of amides is 3. The van der Waals surface area contributed by atoms with Gasteiger partial charge in [-0.25, -0.2) is 9.37 Å². The second-order valence-corrected chi connectivity index (χ2v) is 12.1. The highest BCUT2D eigenvalue weighted by atomic mass is 79.9. The highest BCUT2D eigenvalue weighted by molar-refractivity contribution is 9.10. The molecular formula is C33H24BrFN4O3S2. The SMILES string of the molecule is O=C(CSc1cccc(NC(=O)/C(=C/c2ccc(F)cc2)NC(=O)c2ccccc2)c1)Nc1nc(-c2ccc(Br)cc2)cs1. The van der Waals surface area contributed by atoms with Gasteiger partial charge in [0.2, 0.25) is 5.91 Å². The van der Waals surface area contributed by atoms with Gasteiger partial charge in [-0.2, -0.15) is 0 Å². The first-order chi connectivity index (χ1) is 21.3. The molecule has 3 N–H and O–H groups in total. The van der Waals surface area contributed by atoms with Crippen molar-refractivity contribution >= 4 is 73.6 Å². The first kappa shape index (κ1) is 30.9. The Hall–Kier alpha value is -4.58.